The highest BCUT2D eigenvalue weighted by Crippen LogP contribution is 2.33. The van der Waals surface area contributed by atoms with Crippen LogP contribution in [0.1, 0.15) is 25.0 Å². The fraction of sp³-hybridized carbons (Fsp3) is 0.211. The van der Waals surface area contributed by atoms with Crippen LogP contribution < -0.4 is 0 Å². The molecule has 0 unspecified atom stereocenters. The summed E-state index contributed by atoms with van der Waals surface area (Å²) in [6.07, 6.45) is 4.39. The smallest absolute Gasteiger partial charge is 0.0931 e. The van der Waals surface area contributed by atoms with Crippen molar-refractivity contribution in [3.05, 3.63) is 66.5 Å². The number of benzene rings is 2. The van der Waals surface area contributed by atoms with E-state index in [0.717, 1.165) is 34.1 Å². The molecule has 0 amide bonds. The molecule has 0 saturated carbocycles. The zero-order valence-electron chi connectivity index (χ0n) is 12.9. The van der Waals surface area contributed by atoms with Crippen LogP contribution in [0, 0.1) is 0 Å². The number of aromatic amines is 1. The summed E-state index contributed by atoms with van der Waals surface area (Å²) in [6.45, 7) is 7.43. The third-order valence-electron chi connectivity index (χ3n) is 3.85. The van der Waals surface area contributed by atoms with Gasteiger partial charge >= 0.3 is 0 Å². The Morgan fingerprint density at radius 1 is 1.23 bits per heavy atom. The van der Waals surface area contributed by atoms with Crippen molar-refractivity contribution in [2.45, 2.75) is 25.9 Å². The Hall–Kier alpha value is -2.39. The molecular weight excluding hydrogens is 272 g/mol. The number of hydrogen-bond acceptors (Lipinski definition) is 2. The van der Waals surface area contributed by atoms with Gasteiger partial charge in [-0.05, 0) is 54.7 Å². The molecule has 3 heteroatoms. The van der Waals surface area contributed by atoms with Gasteiger partial charge in [0, 0.05) is 0 Å². The van der Waals surface area contributed by atoms with E-state index in [0.29, 0.717) is 0 Å². The molecule has 0 fully saturated rings. The second-order valence-electron chi connectivity index (χ2n) is 6.07. The maximum Gasteiger partial charge on any atom is 0.0931 e. The molecule has 0 aliphatic rings. The van der Waals surface area contributed by atoms with Crippen molar-refractivity contribution in [3.8, 4) is 11.1 Å². The third kappa shape index (κ3) is 2.68. The molecule has 1 aromatic heterocycles. The van der Waals surface area contributed by atoms with E-state index < -0.39 is 5.60 Å². The molecule has 3 aromatic rings. The van der Waals surface area contributed by atoms with E-state index in [9.17, 15) is 5.11 Å². The SMILES string of the molecule is C=CCc1ccc(C(C)(C)O)c(-c2ccc3nc[nH]c3c2)c1. The average Bonchev–Trinajstić information content (AvgIpc) is 2.93. The van der Waals surface area contributed by atoms with Crippen LogP contribution in [0.5, 0.6) is 0 Å². The highest BCUT2D eigenvalue weighted by atomic mass is 16.3. The topological polar surface area (TPSA) is 48.9 Å². The number of aliphatic hydroxyl groups is 1. The lowest BCUT2D eigenvalue weighted by molar-refractivity contribution is 0.0792. The van der Waals surface area contributed by atoms with Crippen LogP contribution in [0.2, 0.25) is 0 Å². The van der Waals surface area contributed by atoms with Gasteiger partial charge < -0.3 is 10.1 Å². The predicted octanol–water partition coefficient (Wildman–Crippen LogP) is 4.19. The monoisotopic (exact) mass is 292 g/mol. The third-order valence-corrected chi connectivity index (χ3v) is 3.85. The fourth-order valence-corrected chi connectivity index (χ4v) is 2.76. The zero-order chi connectivity index (χ0) is 15.7. The summed E-state index contributed by atoms with van der Waals surface area (Å²) in [6, 6.07) is 12.3. The van der Waals surface area contributed by atoms with Gasteiger partial charge in [0.2, 0.25) is 0 Å². The van der Waals surface area contributed by atoms with Gasteiger partial charge in [0.15, 0.2) is 0 Å². The summed E-state index contributed by atoms with van der Waals surface area (Å²) in [5.74, 6) is 0. The number of imidazole rings is 1. The maximum atomic E-state index is 10.5. The van der Waals surface area contributed by atoms with Crippen LogP contribution in [0.4, 0.5) is 0 Å². The molecule has 0 atom stereocenters. The molecule has 0 aliphatic carbocycles. The van der Waals surface area contributed by atoms with Gasteiger partial charge in [0.05, 0.1) is 23.0 Å². The molecule has 0 aliphatic heterocycles. The number of allylic oxidation sites excluding steroid dienone is 1. The van der Waals surface area contributed by atoms with Gasteiger partial charge in [-0.3, -0.25) is 0 Å². The molecule has 0 radical (unpaired) electrons. The number of H-pyrrole nitrogens is 1. The molecule has 0 spiro atoms. The van der Waals surface area contributed by atoms with Crippen LogP contribution in [0.3, 0.4) is 0 Å². The Balaban J connectivity index is 2.20. The molecule has 112 valence electrons. The molecule has 3 rings (SSSR count). The summed E-state index contributed by atoms with van der Waals surface area (Å²) in [4.78, 5) is 7.39. The van der Waals surface area contributed by atoms with E-state index in [1.807, 2.05) is 44.2 Å². The molecule has 2 N–H and O–H groups in total. The van der Waals surface area contributed by atoms with Crippen molar-refractivity contribution < 1.29 is 5.11 Å². The maximum absolute atomic E-state index is 10.5. The number of nitrogens with one attached hydrogen (secondary N) is 1. The molecule has 0 bridgehead atoms. The Kier molecular flexibility index (Phi) is 3.59. The Bertz CT molecular complexity index is 825. The summed E-state index contributed by atoms with van der Waals surface area (Å²) in [7, 11) is 0. The molecule has 3 nitrogen and oxygen atoms in total. The first-order valence-electron chi connectivity index (χ1n) is 7.39. The van der Waals surface area contributed by atoms with Crippen molar-refractivity contribution in [2.24, 2.45) is 0 Å². The van der Waals surface area contributed by atoms with E-state index in [1.54, 1.807) is 6.33 Å². The van der Waals surface area contributed by atoms with Gasteiger partial charge in [-0.25, -0.2) is 4.98 Å². The van der Waals surface area contributed by atoms with Crippen LogP contribution in [0.15, 0.2) is 55.4 Å². The largest absolute Gasteiger partial charge is 0.386 e. The first-order valence-corrected chi connectivity index (χ1v) is 7.39. The van der Waals surface area contributed by atoms with E-state index in [4.69, 9.17) is 0 Å². The normalized spacial score (nSPS) is 11.8. The molecular formula is C19H20N2O. The van der Waals surface area contributed by atoms with E-state index in [1.165, 1.54) is 5.56 Å². The lowest BCUT2D eigenvalue weighted by atomic mass is 9.87. The number of rotatable bonds is 4. The van der Waals surface area contributed by atoms with Gasteiger partial charge in [0.25, 0.3) is 0 Å². The first kappa shape index (κ1) is 14.5. The van der Waals surface area contributed by atoms with Crippen LogP contribution >= 0.6 is 0 Å². The Morgan fingerprint density at radius 2 is 2.05 bits per heavy atom. The average molecular weight is 292 g/mol. The highest BCUT2D eigenvalue weighted by molar-refractivity contribution is 5.82. The van der Waals surface area contributed by atoms with Crippen LogP contribution in [-0.4, -0.2) is 15.1 Å². The predicted molar refractivity (Wildman–Crippen MR) is 90.7 cm³/mol. The molecule has 1 heterocycles. The number of aromatic nitrogens is 2. The van der Waals surface area contributed by atoms with Crippen molar-refractivity contribution >= 4 is 11.0 Å². The Labute approximate surface area is 130 Å². The summed E-state index contributed by atoms with van der Waals surface area (Å²) >= 11 is 0. The first-order chi connectivity index (χ1) is 10.5. The lowest BCUT2D eigenvalue weighted by Crippen LogP contribution is -2.17. The lowest BCUT2D eigenvalue weighted by Gasteiger charge is -2.22. The standard InChI is InChI=1S/C19H20N2O/c1-4-5-13-6-8-16(19(2,3)22)15(10-13)14-7-9-17-18(11-14)21-12-20-17/h4,6-12,22H,1,5H2,2-3H3,(H,20,21). The molecule has 2 aromatic carbocycles. The second-order valence-corrected chi connectivity index (χ2v) is 6.07. The van der Waals surface area contributed by atoms with E-state index >= 15 is 0 Å². The minimum atomic E-state index is -0.898. The Morgan fingerprint density at radius 3 is 2.77 bits per heavy atom. The van der Waals surface area contributed by atoms with Crippen LogP contribution in [0.25, 0.3) is 22.2 Å². The molecule has 22 heavy (non-hydrogen) atoms. The fourth-order valence-electron chi connectivity index (χ4n) is 2.76. The van der Waals surface area contributed by atoms with Gasteiger partial charge in [0.1, 0.15) is 0 Å². The van der Waals surface area contributed by atoms with Gasteiger partial charge in [-0.15, -0.1) is 6.58 Å². The van der Waals surface area contributed by atoms with Crippen molar-refractivity contribution in [3.63, 3.8) is 0 Å². The van der Waals surface area contributed by atoms with Crippen molar-refractivity contribution in [1.29, 1.82) is 0 Å². The second kappa shape index (κ2) is 5.43. The zero-order valence-corrected chi connectivity index (χ0v) is 12.9. The van der Waals surface area contributed by atoms with Crippen molar-refractivity contribution in [1.82, 2.24) is 9.97 Å². The number of nitrogens with zero attached hydrogens (tertiary/aromatic N) is 1. The molecule has 0 saturated heterocycles. The van der Waals surface area contributed by atoms with Gasteiger partial charge in [-0.1, -0.05) is 30.3 Å². The minimum absolute atomic E-state index is 0.811. The summed E-state index contributed by atoms with van der Waals surface area (Å²) in [5, 5.41) is 10.5. The van der Waals surface area contributed by atoms with Crippen molar-refractivity contribution in [2.75, 3.05) is 0 Å². The van der Waals surface area contributed by atoms with E-state index in [2.05, 4.69) is 28.7 Å². The highest BCUT2D eigenvalue weighted by Gasteiger charge is 2.21. The quantitative estimate of drug-likeness (QED) is 0.708. The summed E-state index contributed by atoms with van der Waals surface area (Å²) in [5.41, 5.74) is 5.25. The summed E-state index contributed by atoms with van der Waals surface area (Å²) < 4.78 is 0. The number of fused-ring (bicyclic) bond motifs is 1. The van der Waals surface area contributed by atoms with Gasteiger partial charge in [-0.2, -0.15) is 0 Å². The van der Waals surface area contributed by atoms with Crippen LogP contribution in [-0.2, 0) is 12.0 Å². The number of hydrogen-bond donors (Lipinski definition) is 2. The minimum Gasteiger partial charge on any atom is -0.386 e. The van der Waals surface area contributed by atoms with E-state index in [-0.39, 0.29) is 0 Å².